The number of pyridine rings is 1. The van der Waals surface area contributed by atoms with Gasteiger partial charge in [-0.3, -0.25) is 4.79 Å². The normalized spacial score (nSPS) is 15.7. The average molecular weight is 636 g/mol. The zero-order valence-electron chi connectivity index (χ0n) is 25.1. The number of nitrogens with zero attached hydrogens (tertiary/aromatic N) is 4. The summed E-state index contributed by atoms with van der Waals surface area (Å²) in [6, 6.07) is 15.7. The lowest BCUT2D eigenvalue weighted by atomic mass is 10.00. The van der Waals surface area contributed by atoms with Crippen LogP contribution in [0.3, 0.4) is 0 Å². The highest BCUT2D eigenvalue weighted by Crippen LogP contribution is 2.41. The Bertz CT molecular complexity index is 1680. The van der Waals surface area contributed by atoms with Crippen molar-refractivity contribution in [3.63, 3.8) is 0 Å². The standard InChI is InChI=1S/C33H36Cl2N6O3/c1-40-15-12-28-27(19-40)37-31(41(28)2)32(42)38-26-9-5-7-23(30(26)35)22-6-4-8-24(29(22)34)25-11-10-20(33(39-25)43-3)18-36-21-13-16-44-17-14-21/h4-11,21,36H,12-19H2,1-3H3,(H,38,42). The molecule has 2 aromatic heterocycles. The molecule has 2 N–H and O–H groups in total. The summed E-state index contributed by atoms with van der Waals surface area (Å²) in [4.78, 5) is 25.0. The maximum Gasteiger partial charge on any atom is 0.291 e. The van der Waals surface area contributed by atoms with Crippen molar-refractivity contribution in [1.29, 1.82) is 0 Å². The predicted molar refractivity (Wildman–Crippen MR) is 174 cm³/mol. The Morgan fingerprint density at radius 2 is 1.73 bits per heavy atom. The van der Waals surface area contributed by atoms with Gasteiger partial charge in [0.1, 0.15) is 0 Å². The van der Waals surface area contributed by atoms with E-state index >= 15 is 0 Å². The summed E-state index contributed by atoms with van der Waals surface area (Å²) in [6.07, 6.45) is 2.84. The summed E-state index contributed by atoms with van der Waals surface area (Å²) >= 11 is 13.9. The van der Waals surface area contributed by atoms with Gasteiger partial charge in [-0.05, 0) is 32.0 Å². The van der Waals surface area contributed by atoms with Gasteiger partial charge in [-0.1, -0.05) is 59.6 Å². The number of likely N-dealkylation sites (N-methyl/N-ethyl adjacent to an activating group) is 1. The molecule has 0 spiro atoms. The van der Waals surface area contributed by atoms with E-state index in [9.17, 15) is 4.79 Å². The summed E-state index contributed by atoms with van der Waals surface area (Å²) in [7, 11) is 5.56. The fourth-order valence-electron chi connectivity index (χ4n) is 5.90. The van der Waals surface area contributed by atoms with Crippen LogP contribution in [-0.4, -0.2) is 65.3 Å². The van der Waals surface area contributed by atoms with Crippen molar-refractivity contribution in [2.24, 2.45) is 7.05 Å². The van der Waals surface area contributed by atoms with Gasteiger partial charge in [0.25, 0.3) is 5.91 Å². The highest BCUT2D eigenvalue weighted by Gasteiger charge is 2.25. The lowest BCUT2D eigenvalue weighted by molar-refractivity contribution is 0.0775. The first-order chi connectivity index (χ1) is 21.3. The highest BCUT2D eigenvalue weighted by molar-refractivity contribution is 6.39. The fourth-order valence-corrected chi connectivity index (χ4v) is 6.50. The van der Waals surface area contributed by atoms with Crippen LogP contribution < -0.4 is 15.4 Å². The monoisotopic (exact) mass is 634 g/mol. The van der Waals surface area contributed by atoms with Gasteiger partial charge < -0.3 is 29.6 Å². The van der Waals surface area contributed by atoms with Crippen molar-refractivity contribution in [3.8, 4) is 28.3 Å². The Balaban J connectivity index is 1.24. The van der Waals surface area contributed by atoms with E-state index in [4.69, 9.17) is 37.7 Å². The number of methoxy groups -OCH3 is 1. The largest absolute Gasteiger partial charge is 0.481 e. The molecule has 11 heteroatoms. The van der Waals surface area contributed by atoms with Crippen LogP contribution >= 0.6 is 23.2 Å². The number of aromatic nitrogens is 3. The van der Waals surface area contributed by atoms with Gasteiger partial charge in [0.05, 0.1) is 34.2 Å². The molecule has 230 valence electrons. The summed E-state index contributed by atoms with van der Waals surface area (Å²) in [6.45, 7) is 3.87. The number of imidazole rings is 1. The topological polar surface area (TPSA) is 93.5 Å². The molecule has 2 aliphatic rings. The van der Waals surface area contributed by atoms with E-state index in [0.717, 1.165) is 73.6 Å². The van der Waals surface area contributed by atoms with Crippen molar-refractivity contribution < 1.29 is 14.3 Å². The molecular weight excluding hydrogens is 599 g/mol. The first kappa shape index (κ1) is 30.6. The molecule has 0 unspecified atom stereocenters. The fraction of sp³-hybridized carbons (Fsp3) is 0.364. The Morgan fingerprint density at radius 3 is 2.50 bits per heavy atom. The third-order valence-corrected chi connectivity index (χ3v) is 9.21. The Labute approximate surface area is 267 Å². The Morgan fingerprint density at radius 1 is 1.00 bits per heavy atom. The maximum atomic E-state index is 13.3. The van der Waals surface area contributed by atoms with Crippen molar-refractivity contribution in [2.45, 2.75) is 38.4 Å². The van der Waals surface area contributed by atoms with Crippen molar-refractivity contribution in [3.05, 3.63) is 81.4 Å². The number of fused-ring (bicyclic) bond motifs is 1. The number of halogens is 2. The number of rotatable bonds is 8. The molecule has 1 fully saturated rings. The van der Waals surface area contributed by atoms with Gasteiger partial charge >= 0.3 is 0 Å². The summed E-state index contributed by atoms with van der Waals surface area (Å²) in [5, 5.41) is 7.45. The van der Waals surface area contributed by atoms with Crippen LogP contribution in [0.4, 0.5) is 5.69 Å². The molecule has 4 heterocycles. The highest BCUT2D eigenvalue weighted by atomic mass is 35.5. The number of nitrogens with one attached hydrogen (secondary N) is 2. The van der Waals surface area contributed by atoms with Crippen LogP contribution in [0.15, 0.2) is 48.5 Å². The van der Waals surface area contributed by atoms with E-state index < -0.39 is 0 Å². The number of anilines is 1. The smallest absolute Gasteiger partial charge is 0.291 e. The van der Waals surface area contributed by atoms with E-state index in [2.05, 4.69) is 27.6 Å². The average Bonchev–Trinajstić information content (AvgIpc) is 3.37. The Hall–Kier alpha value is -3.47. The van der Waals surface area contributed by atoms with E-state index in [1.54, 1.807) is 13.2 Å². The molecule has 1 saturated heterocycles. The van der Waals surface area contributed by atoms with Crippen LogP contribution in [-0.2, 0) is 31.3 Å². The number of hydrogen-bond acceptors (Lipinski definition) is 7. The van der Waals surface area contributed by atoms with Crippen LogP contribution in [0, 0.1) is 0 Å². The number of amides is 1. The third-order valence-electron chi connectivity index (χ3n) is 8.40. The second kappa shape index (κ2) is 13.3. The third kappa shape index (κ3) is 6.20. The van der Waals surface area contributed by atoms with Crippen LogP contribution in [0.5, 0.6) is 5.88 Å². The van der Waals surface area contributed by atoms with Gasteiger partial charge in [0, 0.05) is 80.3 Å². The van der Waals surface area contributed by atoms with Gasteiger partial charge in [-0.2, -0.15) is 0 Å². The second-order valence-electron chi connectivity index (χ2n) is 11.3. The molecule has 44 heavy (non-hydrogen) atoms. The molecule has 9 nitrogen and oxygen atoms in total. The molecule has 0 aliphatic carbocycles. The Kier molecular flexibility index (Phi) is 9.21. The number of carbonyl (C=O) groups is 1. The number of ether oxygens (including phenoxy) is 2. The molecule has 0 radical (unpaired) electrons. The molecular formula is C33H36Cl2N6O3. The van der Waals surface area contributed by atoms with E-state index in [-0.39, 0.29) is 5.91 Å². The molecule has 1 amide bonds. The molecule has 6 rings (SSSR count). The van der Waals surface area contributed by atoms with Crippen molar-refractivity contribution in [1.82, 2.24) is 24.8 Å². The van der Waals surface area contributed by atoms with E-state index in [1.165, 1.54) is 0 Å². The zero-order chi connectivity index (χ0) is 30.8. The van der Waals surface area contributed by atoms with Gasteiger partial charge in [-0.15, -0.1) is 0 Å². The molecule has 2 aliphatic heterocycles. The van der Waals surface area contributed by atoms with Crippen molar-refractivity contribution in [2.75, 3.05) is 39.2 Å². The van der Waals surface area contributed by atoms with Gasteiger partial charge in [0.15, 0.2) is 5.82 Å². The second-order valence-corrected chi connectivity index (χ2v) is 12.1. The van der Waals surface area contributed by atoms with E-state index in [0.29, 0.717) is 51.3 Å². The first-order valence-electron chi connectivity index (χ1n) is 14.8. The van der Waals surface area contributed by atoms with Crippen LogP contribution in [0.2, 0.25) is 10.0 Å². The van der Waals surface area contributed by atoms with Crippen molar-refractivity contribution >= 4 is 34.8 Å². The number of benzene rings is 2. The number of carbonyl (C=O) groups excluding carboxylic acids is 1. The minimum absolute atomic E-state index is 0.314. The molecule has 0 saturated carbocycles. The zero-order valence-corrected chi connectivity index (χ0v) is 26.6. The molecule has 0 atom stereocenters. The number of hydrogen-bond donors (Lipinski definition) is 2. The first-order valence-corrected chi connectivity index (χ1v) is 15.6. The summed E-state index contributed by atoms with van der Waals surface area (Å²) < 4.78 is 13.0. The quantitative estimate of drug-likeness (QED) is 0.246. The summed E-state index contributed by atoms with van der Waals surface area (Å²) in [5.74, 6) is 0.596. The van der Waals surface area contributed by atoms with E-state index in [1.807, 2.05) is 54.1 Å². The lowest BCUT2D eigenvalue weighted by Crippen LogP contribution is -2.34. The molecule has 2 aromatic carbocycles. The predicted octanol–water partition coefficient (Wildman–Crippen LogP) is 5.97. The van der Waals surface area contributed by atoms with Crippen LogP contribution in [0.25, 0.3) is 22.4 Å². The van der Waals surface area contributed by atoms with Gasteiger partial charge in [-0.25, -0.2) is 9.97 Å². The SMILES string of the molecule is COc1nc(-c2cccc(-c3cccc(NC(=O)c4nc5c(n4C)CCN(C)C5)c3Cl)c2Cl)ccc1CNC1CCOCC1. The molecule has 4 aromatic rings. The van der Waals surface area contributed by atoms with Crippen LogP contribution in [0.1, 0.15) is 40.4 Å². The summed E-state index contributed by atoms with van der Waals surface area (Å²) in [5.41, 5.74) is 6.34. The van der Waals surface area contributed by atoms with Gasteiger partial charge in [0.2, 0.25) is 5.88 Å². The minimum Gasteiger partial charge on any atom is -0.481 e. The molecule has 0 bridgehead atoms. The minimum atomic E-state index is -0.314. The lowest BCUT2D eigenvalue weighted by Gasteiger charge is -2.23. The maximum absolute atomic E-state index is 13.3.